The number of hydrogen-bond acceptors (Lipinski definition) is 3. The van der Waals surface area contributed by atoms with E-state index in [0.717, 1.165) is 0 Å². The zero-order chi connectivity index (χ0) is 13.2. The predicted octanol–water partition coefficient (Wildman–Crippen LogP) is 3.42. The highest BCUT2D eigenvalue weighted by atomic mass is 35.7. The van der Waals surface area contributed by atoms with Crippen LogP contribution in [0.2, 0.25) is 0 Å². The Kier molecular flexibility index (Phi) is 4.17. The molecule has 0 N–H and O–H groups in total. The van der Waals surface area contributed by atoms with Crippen LogP contribution in [0.15, 0.2) is 18.2 Å². The number of rotatable bonds is 4. The summed E-state index contributed by atoms with van der Waals surface area (Å²) in [7, 11) is 3.30. The summed E-state index contributed by atoms with van der Waals surface area (Å²) in [5, 5.41) is 0. The molecule has 0 aromatic heterocycles. The average molecular weight is 289 g/mol. The highest BCUT2D eigenvalue weighted by Gasteiger charge is 2.19. The maximum Gasteiger partial charge on any atom is 0.236 e. The molecule has 0 atom stereocenters. The minimum atomic E-state index is -3.56. The summed E-state index contributed by atoms with van der Waals surface area (Å²) in [5.74, 6) is 0.951. The molecular formula is C13H17ClO3S. The molecule has 0 bridgehead atoms. The van der Waals surface area contributed by atoms with Crippen molar-refractivity contribution in [1.29, 1.82) is 0 Å². The van der Waals surface area contributed by atoms with E-state index in [4.69, 9.17) is 15.4 Å². The van der Waals surface area contributed by atoms with E-state index < -0.39 is 9.05 Å². The third kappa shape index (κ3) is 3.39. The second-order valence-corrected chi connectivity index (χ2v) is 7.51. The van der Waals surface area contributed by atoms with E-state index in [1.807, 2.05) is 18.2 Å². The number of benzene rings is 1. The molecule has 1 aliphatic rings. The van der Waals surface area contributed by atoms with Gasteiger partial charge in [-0.2, -0.15) is 0 Å². The van der Waals surface area contributed by atoms with E-state index in [0.29, 0.717) is 17.2 Å². The first-order valence-electron chi connectivity index (χ1n) is 6.09. The predicted molar refractivity (Wildman–Crippen MR) is 72.7 cm³/mol. The van der Waals surface area contributed by atoms with Crippen LogP contribution < -0.4 is 4.74 Å². The monoisotopic (exact) mass is 288 g/mol. The molecule has 0 aliphatic heterocycles. The van der Waals surface area contributed by atoms with E-state index in [1.54, 1.807) is 0 Å². The van der Waals surface area contributed by atoms with Crippen LogP contribution in [0.3, 0.4) is 0 Å². The fourth-order valence-electron chi connectivity index (χ4n) is 2.61. The Bertz CT molecular complexity index is 519. The van der Waals surface area contributed by atoms with E-state index in [2.05, 4.69) is 0 Å². The van der Waals surface area contributed by atoms with Crippen LogP contribution >= 0.6 is 10.7 Å². The molecule has 5 heteroatoms. The number of ether oxygens (including phenoxy) is 1. The Labute approximate surface area is 113 Å². The average Bonchev–Trinajstić information content (AvgIpc) is 2.80. The quantitative estimate of drug-likeness (QED) is 0.797. The maximum atomic E-state index is 11.2. The van der Waals surface area contributed by atoms with Gasteiger partial charge in [0.05, 0.1) is 12.9 Å². The molecule has 1 aromatic rings. The summed E-state index contributed by atoms with van der Waals surface area (Å²) in [6.07, 6.45) is 4.86. The highest BCUT2D eigenvalue weighted by molar-refractivity contribution is 8.13. The molecule has 1 saturated carbocycles. The van der Waals surface area contributed by atoms with Gasteiger partial charge in [-0.25, -0.2) is 8.42 Å². The van der Waals surface area contributed by atoms with Crippen molar-refractivity contribution < 1.29 is 13.2 Å². The Hall–Kier alpha value is -0.740. The van der Waals surface area contributed by atoms with Crippen molar-refractivity contribution in [1.82, 2.24) is 0 Å². The third-order valence-electron chi connectivity index (χ3n) is 3.46. The van der Waals surface area contributed by atoms with Crippen LogP contribution in [0.1, 0.15) is 42.7 Å². The molecule has 18 heavy (non-hydrogen) atoms. The Balaban J connectivity index is 2.32. The topological polar surface area (TPSA) is 43.4 Å². The fraction of sp³-hybridized carbons (Fsp3) is 0.538. The van der Waals surface area contributed by atoms with E-state index in [1.165, 1.54) is 38.4 Å². The fourth-order valence-corrected chi connectivity index (χ4v) is 3.56. The zero-order valence-electron chi connectivity index (χ0n) is 10.4. The van der Waals surface area contributed by atoms with Crippen molar-refractivity contribution in [2.75, 3.05) is 7.11 Å². The van der Waals surface area contributed by atoms with E-state index >= 15 is 0 Å². The van der Waals surface area contributed by atoms with Crippen LogP contribution in [0.5, 0.6) is 5.75 Å². The van der Waals surface area contributed by atoms with Gasteiger partial charge in [0.25, 0.3) is 0 Å². The van der Waals surface area contributed by atoms with Crippen LogP contribution in [-0.2, 0) is 14.8 Å². The second kappa shape index (κ2) is 5.49. The second-order valence-electron chi connectivity index (χ2n) is 4.74. The van der Waals surface area contributed by atoms with Gasteiger partial charge in [-0.3, -0.25) is 0 Å². The highest BCUT2D eigenvalue weighted by Crippen LogP contribution is 2.36. The van der Waals surface area contributed by atoms with Gasteiger partial charge in [-0.15, -0.1) is 0 Å². The lowest BCUT2D eigenvalue weighted by molar-refractivity contribution is 0.410. The lowest BCUT2D eigenvalue weighted by Gasteiger charge is -2.13. The molecular weight excluding hydrogens is 272 g/mol. The summed E-state index contributed by atoms with van der Waals surface area (Å²) in [4.78, 5) is 0. The normalized spacial score (nSPS) is 17.0. The molecule has 0 unspecified atom stereocenters. The Morgan fingerprint density at radius 1 is 1.33 bits per heavy atom. The first-order chi connectivity index (χ1) is 8.49. The molecule has 1 aromatic carbocycles. The van der Waals surface area contributed by atoms with Gasteiger partial charge in [-0.1, -0.05) is 25.0 Å². The lowest BCUT2D eigenvalue weighted by Crippen LogP contribution is -2.01. The first-order valence-corrected chi connectivity index (χ1v) is 8.56. The van der Waals surface area contributed by atoms with Gasteiger partial charge < -0.3 is 4.74 Å². The molecule has 0 heterocycles. The third-order valence-corrected chi connectivity index (χ3v) is 4.44. The van der Waals surface area contributed by atoms with Gasteiger partial charge in [0.2, 0.25) is 9.05 Å². The van der Waals surface area contributed by atoms with Gasteiger partial charge >= 0.3 is 0 Å². The molecule has 1 aliphatic carbocycles. The molecule has 0 spiro atoms. The van der Waals surface area contributed by atoms with Crippen LogP contribution in [-0.4, -0.2) is 15.5 Å². The molecule has 0 saturated heterocycles. The number of hydrogen-bond donors (Lipinski definition) is 0. The maximum absolute atomic E-state index is 11.2. The van der Waals surface area contributed by atoms with Crippen molar-refractivity contribution in [2.45, 2.75) is 37.4 Å². The van der Waals surface area contributed by atoms with E-state index in [9.17, 15) is 8.42 Å². The summed E-state index contributed by atoms with van der Waals surface area (Å²) in [5.41, 5.74) is 1.85. The summed E-state index contributed by atoms with van der Waals surface area (Å²) in [6.45, 7) is 0. The molecule has 2 rings (SSSR count). The Morgan fingerprint density at radius 2 is 2.00 bits per heavy atom. The SMILES string of the molecule is COc1ccc(C2CCCC2)cc1CS(=O)(=O)Cl. The van der Waals surface area contributed by atoms with Crippen LogP contribution in [0, 0.1) is 0 Å². The van der Waals surface area contributed by atoms with Crippen molar-refractivity contribution >= 4 is 19.7 Å². The minimum Gasteiger partial charge on any atom is -0.496 e. The largest absolute Gasteiger partial charge is 0.496 e. The standard InChI is InChI=1S/C13H17ClO3S/c1-17-13-7-6-11(10-4-2-3-5-10)8-12(13)9-18(14,15)16/h6-8,10H,2-5,9H2,1H3. The molecule has 0 radical (unpaired) electrons. The molecule has 0 amide bonds. The van der Waals surface area contributed by atoms with Gasteiger partial charge in [0, 0.05) is 16.2 Å². The van der Waals surface area contributed by atoms with Crippen LogP contribution in [0.25, 0.3) is 0 Å². The van der Waals surface area contributed by atoms with Gasteiger partial charge in [0.1, 0.15) is 5.75 Å². The molecule has 100 valence electrons. The minimum absolute atomic E-state index is 0.182. The summed E-state index contributed by atoms with van der Waals surface area (Å²) < 4.78 is 27.6. The molecule has 3 nitrogen and oxygen atoms in total. The van der Waals surface area contributed by atoms with Crippen molar-refractivity contribution in [3.8, 4) is 5.75 Å². The smallest absolute Gasteiger partial charge is 0.236 e. The van der Waals surface area contributed by atoms with Crippen molar-refractivity contribution in [3.63, 3.8) is 0 Å². The van der Waals surface area contributed by atoms with Crippen molar-refractivity contribution in [2.24, 2.45) is 0 Å². The Morgan fingerprint density at radius 3 is 2.56 bits per heavy atom. The van der Waals surface area contributed by atoms with Gasteiger partial charge in [-0.05, 0) is 30.4 Å². The first kappa shape index (κ1) is 13.7. The zero-order valence-corrected chi connectivity index (χ0v) is 11.9. The number of methoxy groups -OCH3 is 1. The van der Waals surface area contributed by atoms with Gasteiger partial charge in [0.15, 0.2) is 0 Å². The summed E-state index contributed by atoms with van der Waals surface area (Å²) in [6, 6.07) is 5.79. The summed E-state index contributed by atoms with van der Waals surface area (Å²) >= 11 is 0. The van der Waals surface area contributed by atoms with E-state index in [-0.39, 0.29) is 5.75 Å². The van der Waals surface area contributed by atoms with Crippen molar-refractivity contribution in [3.05, 3.63) is 29.3 Å². The number of halogens is 1. The lowest BCUT2D eigenvalue weighted by atomic mass is 9.96. The van der Waals surface area contributed by atoms with Crippen LogP contribution in [0.4, 0.5) is 0 Å². The molecule has 1 fully saturated rings.